The van der Waals surface area contributed by atoms with Gasteiger partial charge >= 0.3 is 0 Å². The van der Waals surface area contributed by atoms with E-state index in [4.69, 9.17) is 0 Å². The molecule has 0 aliphatic carbocycles. The highest BCUT2D eigenvalue weighted by molar-refractivity contribution is 4.87. The topological polar surface area (TPSA) is 42.7 Å². The van der Waals surface area contributed by atoms with E-state index in [0.717, 1.165) is 18.9 Å². The number of nitrogens with zero attached hydrogens (tertiary/aromatic N) is 3. The standard InChI is InChI=1S/C11H22N4/c1-6-15-8-13-14-10(15)7-12-9(2)11(3,4)5/h8-9,12H,6-7H2,1-5H3. The minimum absolute atomic E-state index is 0.275. The van der Waals surface area contributed by atoms with Crippen LogP contribution in [0.15, 0.2) is 6.33 Å². The van der Waals surface area contributed by atoms with Crippen LogP contribution in [0.4, 0.5) is 0 Å². The second-order valence-electron chi connectivity index (χ2n) is 5.00. The number of rotatable bonds is 4. The van der Waals surface area contributed by atoms with Gasteiger partial charge in [-0.05, 0) is 19.3 Å². The second-order valence-corrected chi connectivity index (χ2v) is 5.00. The Labute approximate surface area is 92.1 Å². The summed E-state index contributed by atoms with van der Waals surface area (Å²) in [6, 6.07) is 0.458. The molecule has 1 N–H and O–H groups in total. The molecule has 0 saturated heterocycles. The molecule has 1 aromatic heterocycles. The fourth-order valence-corrected chi connectivity index (χ4v) is 1.23. The molecule has 4 nitrogen and oxygen atoms in total. The van der Waals surface area contributed by atoms with Crippen LogP contribution in [-0.4, -0.2) is 20.8 Å². The molecule has 0 saturated carbocycles. The first-order valence-electron chi connectivity index (χ1n) is 5.55. The van der Waals surface area contributed by atoms with Crippen molar-refractivity contribution in [3.63, 3.8) is 0 Å². The number of aromatic nitrogens is 3. The highest BCUT2D eigenvalue weighted by atomic mass is 15.3. The van der Waals surface area contributed by atoms with Crippen molar-refractivity contribution in [2.24, 2.45) is 5.41 Å². The summed E-state index contributed by atoms with van der Waals surface area (Å²) < 4.78 is 2.06. The van der Waals surface area contributed by atoms with Gasteiger partial charge in [-0.15, -0.1) is 10.2 Å². The van der Waals surface area contributed by atoms with E-state index >= 15 is 0 Å². The first-order valence-corrected chi connectivity index (χ1v) is 5.55. The average Bonchev–Trinajstić information content (AvgIpc) is 2.59. The normalized spacial score (nSPS) is 14.2. The molecule has 0 aromatic carbocycles. The summed E-state index contributed by atoms with van der Waals surface area (Å²) in [6.45, 7) is 12.7. The third-order valence-electron chi connectivity index (χ3n) is 2.90. The first kappa shape index (κ1) is 12.2. The van der Waals surface area contributed by atoms with Crippen molar-refractivity contribution in [1.82, 2.24) is 20.1 Å². The van der Waals surface area contributed by atoms with E-state index in [2.05, 4.69) is 54.7 Å². The minimum Gasteiger partial charge on any atom is -0.317 e. The second kappa shape index (κ2) is 4.75. The monoisotopic (exact) mass is 210 g/mol. The molecule has 1 unspecified atom stereocenters. The summed E-state index contributed by atoms with van der Waals surface area (Å²) in [7, 11) is 0. The molecule has 0 aliphatic heterocycles. The number of hydrogen-bond acceptors (Lipinski definition) is 3. The van der Waals surface area contributed by atoms with Crippen LogP contribution in [0.25, 0.3) is 0 Å². The van der Waals surface area contributed by atoms with Crippen molar-refractivity contribution in [2.75, 3.05) is 0 Å². The predicted octanol–water partition coefficient (Wildman–Crippen LogP) is 1.82. The quantitative estimate of drug-likeness (QED) is 0.824. The molecule has 0 fully saturated rings. The van der Waals surface area contributed by atoms with Gasteiger partial charge in [-0.3, -0.25) is 0 Å². The summed E-state index contributed by atoms with van der Waals surface area (Å²) in [4.78, 5) is 0. The Morgan fingerprint density at radius 2 is 2.13 bits per heavy atom. The summed E-state index contributed by atoms with van der Waals surface area (Å²) >= 11 is 0. The van der Waals surface area contributed by atoms with Gasteiger partial charge in [0.05, 0.1) is 6.54 Å². The zero-order chi connectivity index (χ0) is 11.5. The van der Waals surface area contributed by atoms with Crippen LogP contribution >= 0.6 is 0 Å². The Bertz CT molecular complexity index is 298. The molecule has 1 atom stereocenters. The molecule has 0 spiro atoms. The van der Waals surface area contributed by atoms with Crippen molar-refractivity contribution in [3.8, 4) is 0 Å². The predicted molar refractivity (Wildman–Crippen MR) is 61.5 cm³/mol. The van der Waals surface area contributed by atoms with Crippen LogP contribution in [0.2, 0.25) is 0 Å². The molecule has 15 heavy (non-hydrogen) atoms. The number of nitrogens with one attached hydrogen (secondary N) is 1. The smallest absolute Gasteiger partial charge is 0.146 e. The van der Waals surface area contributed by atoms with E-state index in [-0.39, 0.29) is 5.41 Å². The lowest BCUT2D eigenvalue weighted by molar-refractivity contribution is 0.282. The molecule has 0 aliphatic rings. The summed E-state index contributed by atoms with van der Waals surface area (Å²) in [5.74, 6) is 1.01. The van der Waals surface area contributed by atoms with Crippen molar-refractivity contribution in [3.05, 3.63) is 12.2 Å². The van der Waals surface area contributed by atoms with Gasteiger partial charge in [0.15, 0.2) is 0 Å². The Morgan fingerprint density at radius 3 is 2.67 bits per heavy atom. The third kappa shape index (κ3) is 3.30. The fourth-order valence-electron chi connectivity index (χ4n) is 1.23. The van der Waals surface area contributed by atoms with Crippen LogP contribution in [0.1, 0.15) is 40.4 Å². The lowest BCUT2D eigenvalue weighted by Crippen LogP contribution is -2.37. The lowest BCUT2D eigenvalue weighted by atomic mass is 9.88. The van der Waals surface area contributed by atoms with E-state index in [9.17, 15) is 0 Å². The van der Waals surface area contributed by atoms with Crippen molar-refractivity contribution in [2.45, 2.75) is 53.8 Å². The van der Waals surface area contributed by atoms with Crippen LogP contribution in [0, 0.1) is 5.41 Å². The summed E-state index contributed by atoms with van der Waals surface area (Å²) in [6.07, 6.45) is 1.78. The largest absolute Gasteiger partial charge is 0.317 e. The molecular formula is C11H22N4. The zero-order valence-corrected chi connectivity index (χ0v) is 10.4. The minimum atomic E-state index is 0.275. The van der Waals surface area contributed by atoms with Crippen molar-refractivity contribution in [1.29, 1.82) is 0 Å². The molecule has 1 heterocycles. The molecule has 0 amide bonds. The van der Waals surface area contributed by atoms with Gasteiger partial charge in [0.25, 0.3) is 0 Å². The van der Waals surface area contributed by atoms with Gasteiger partial charge in [0, 0.05) is 12.6 Å². The van der Waals surface area contributed by atoms with Crippen LogP contribution in [-0.2, 0) is 13.1 Å². The molecule has 4 heteroatoms. The van der Waals surface area contributed by atoms with Crippen LogP contribution in [0.5, 0.6) is 0 Å². The summed E-state index contributed by atoms with van der Waals surface area (Å²) in [5.41, 5.74) is 0.275. The van der Waals surface area contributed by atoms with Gasteiger partial charge in [0.1, 0.15) is 12.2 Å². The lowest BCUT2D eigenvalue weighted by Gasteiger charge is -2.28. The Balaban J connectivity index is 2.50. The Kier molecular flexibility index (Phi) is 3.85. The van der Waals surface area contributed by atoms with E-state index in [1.165, 1.54) is 0 Å². The molecule has 1 rings (SSSR count). The molecule has 1 aromatic rings. The molecule has 0 bridgehead atoms. The van der Waals surface area contributed by atoms with Gasteiger partial charge < -0.3 is 9.88 Å². The first-order chi connectivity index (χ1) is 6.95. The maximum Gasteiger partial charge on any atom is 0.146 e. The van der Waals surface area contributed by atoms with Crippen LogP contribution < -0.4 is 5.32 Å². The highest BCUT2D eigenvalue weighted by Crippen LogP contribution is 2.18. The SMILES string of the molecule is CCn1cnnc1CNC(C)C(C)(C)C. The van der Waals surface area contributed by atoms with Gasteiger partial charge in [-0.25, -0.2) is 0 Å². The van der Waals surface area contributed by atoms with E-state index in [1.54, 1.807) is 6.33 Å². The maximum absolute atomic E-state index is 4.09. The maximum atomic E-state index is 4.09. The van der Waals surface area contributed by atoms with E-state index < -0.39 is 0 Å². The Hall–Kier alpha value is -0.900. The third-order valence-corrected chi connectivity index (χ3v) is 2.90. The molecular weight excluding hydrogens is 188 g/mol. The van der Waals surface area contributed by atoms with Crippen molar-refractivity contribution < 1.29 is 0 Å². The highest BCUT2D eigenvalue weighted by Gasteiger charge is 2.19. The van der Waals surface area contributed by atoms with Crippen LogP contribution in [0.3, 0.4) is 0 Å². The van der Waals surface area contributed by atoms with E-state index in [1.807, 2.05) is 0 Å². The average molecular weight is 210 g/mol. The number of hydrogen-bond donors (Lipinski definition) is 1. The van der Waals surface area contributed by atoms with Gasteiger partial charge in [-0.1, -0.05) is 20.8 Å². The van der Waals surface area contributed by atoms with E-state index in [0.29, 0.717) is 6.04 Å². The van der Waals surface area contributed by atoms with Crippen molar-refractivity contribution >= 4 is 0 Å². The van der Waals surface area contributed by atoms with Gasteiger partial charge in [-0.2, -0.15) is 0 Å². The molecule has 86 valence electrons. The molecule has 0 radical (unpaired) electrons. The Morgan fingerprint density at radius 1 is 1.47 bits per heavy atom. The summed E-state index contributed by atoms with van der Waals surface area (Å²) in [5, 5.41) is 11.5. The fraction of sp³-hybridized carbons (Fsp3) is 0.818. The number of aryl methyl sites for hydroxylation is 1. The zero-order valence-electron chi connectivity index (χ0n) is 10.4. The van der Waals surface area contributed by atoms with Gasteiger partial charge in [0.2, 0.25) is 0 Å².